The Kier molecular flexibility index (Phi) is 4.70. The van der Waals surface area contributed by atoms with Crippen molar-refractivity contribution in [2.24, 2.45) is 0 Å². The van der Waals surface area contributed by atoms with Crippen molar-refractivity contribution in [3.63, 3.8) is 0 Å². The Morgan fingerprint density at radius 1 is 1.24 bits per heavy atom. The van der Waals surface area contributed by atoms with E-state index in [0.29, 0.717) is 33.2 Å². The van der Waals surface area contributed by atoms with Crippen LogP contribution in [0.25, 0.3) is 12.7 Å². The van der Waals surface area contributed by atoms with Gasteiger partial charge >= 0.3 is 5.63 Å². The zero-order chi connectivity index (χ0) is 17.8. The molecule has 0 aliphatic rings. The van der Waals surface area contributed by atoms with Gasteiger partial charge in [-0.2, -0.15) is 0 Å². The van der Waals surface area contributed by atoms with E-state index in [4.69, 9.17) is 9.47 Å². The first-order chi connectivity index (χ1) is 12.1. The lowest BCUT2D eigenvalue weighted by atomic mass is 10.1. The number of H-pyrrole nitrogens is 1. The lowest BCUT2D eigenvalue weighted by Crippen LogP contribution is -2.31. The summed E-state index contributed by atoms with van der Waals surface area (Å²) < 4.78 is 29.3. The van der Waals surface area contributed by atoms with E-state index in [1.165, 1.54) is 13.2 Å². The molecule has 3 rings (SSSR count). The van der Waals surface area contributed by atoms with Crippen LogP contribution in [0.1, 0.15) is 11.1 Å². The minimum Gasteiger partial charge on any atom is -0.493 e. The Morgan fingerprint density at radius 3 is 2.72 bits per heavy atom. The van der Waals surface area contributed by atoms with Gasteiger partial charge in [0.15, 0.2) is 11.5 Å². The molecule has 0 bridgehead atoms. The number of methoxy groups -OCH3 is 1. The predicted molar refractivity (Wildman–Crippen MR) is 91.4 cm³/mol. The summed E-state index contributed by atoms with van der Waals surface area (Å²) in [6.45, 7) is 3.78. The number of benzene rings is 2. The van der Waals surface area contributed by atoms with Gasteiger partial charge in [0.1, 0.15) is 12.4 Å². The van der Waals surface area contributed by atoms with Gasteiger partial charge < -0.3 is 14.0 Å². The highest BCUT2D eigenvalue weighted by Gasteiger charge is 2.08. The number of halogens is 1. The number of aromatic nitrogens is 1. The van der Waals surface area contributed by atoms with Crippen LogP contribution < -0.4 is 25.7 Å². The van der Waals surface area contributed by atoms with Crippen molar-refractivity contribution >= 4 is 12.7 Å². The molecule has 0 unspecified atom stereocenters. The molecule has 0 spiro atoms. The van der Waals surface area contributed by atoms with Gasteiger partial charge in [-0.05, 0) is 29.8 Å². The maximum absolute atomic E-state index is 13.7. The minimum atomic E-state index is -0.496. The van der Waals surface area contributed by atoms with Crippen molar-refractivity contribution in [2.45, 2.75) is 6.61 Å². The fourth-order valence-corrected chi connectivity index (χ4v) is 2.32. The van der Waals surface area contributed by atoms with Gasteiger partial charge in [0, 0.05) is 5.56 Å². The summed E-state index contributed by atoms with van der Waals surface area (Å²) in [6, 6.07) is 11.6. The number of aromatic amines is 1. The molecule has 0 fully saturated rings. The standard InChI is InChI=1S/C19H16FNO4/c1-12-15(19(22)25-21-12)9-13-7-8-17(18(10-13)23-2)24-11-14-5-3-4-6-16(14)20/h3-10,21H,1,11H2,2H3. The van der Waals surface area contributed by atoms with Crippen molar-refractivity contribution < 1.29 is 18.4 Å². The van der Waals surface area contributed by atoms with Gasteiger partial charge in [0.05, 0.1) is 17.7 Å². The molecule has 1 heterocycles. The molecule has 0 saturated heterocycles. The number of hydrogen-bond acceptors (Lipinski definition) is 4. The smallest absolute Gasteiger partial charge is 0.365 e. The second kappa shape index (κ2) is 7.09. The van der Waals surface area contributed by atoms with Gasteiger partial charge in [0.2, 0.25) is 0 Å². The molecule has 128 valence electrons. The molecule has 0 aliphatic carbocycles. The largest absolute Gasteiger partial charge is 0.493 e. The van der Waals surface area contributed by atoms with Crippen molar-refractivity contribution in [2.75, 3.05) is 7.11 Å². The van der Waals surface area contributed by atoms with Crippen LogP contribution in [0.4, 0.5) is 4.39 Å². The maximum atomic E-state index is 13.7. The summed E-state index contributed by atoms with van der Waals surface area (Å²) in [5, 5.41) is 3.15. The number of ether oxygens (including phenoxy) is 2. The molecule has 3 aromatic rings. The predicted octanol–water partition coefficient (Wildman–Crippen LogP) is 1.93. The molecule has 25 heavy (non-hydrogen) atoms. The fraction of sp³-hybridized carbons (Fsp3) is 0.105. The summed E-state index contributed by atoms with van der Waals surface area (Å²) in [5.74, 6) is 0.614. The molecule has 6 heteroatoms. The van der Waals surface area contributed by atoms with E-state index < -0.39 is 5.63 Å². The molecular formula is C19H16FNO4. The van der Waals surface area contributed by atoms with E-state index in [1.807, 2.05) is 0 Å². The second-order valence-electron chi connectivity index (χ2n) is 5.32. The SMILES string of the molecule is C=c1[nH]oc(=O)c1=Cc1ccc(OCc2ccccc2F)c(OC)c1. The zero-order valence-corrected chi connectivity index (χ0v) is 13.5. The lowest BCUT2D eigenvalue weighted by molar-refractivity contribution is 0.279. The van der Waals surface area contributed by atoms with E-state index in [1.54, 1.807) is 42.5 Å². The highest BCUT2D eigenvalue weighted by Crippen LogP contribution is 2.29. The molecular weight excluding hydrogens is 325 g/mol. The average Bonchev–Trinajstić information content (AvgIpc) is 2.93. The van der Waals surface area contributed by atoms with E-state index >= 15 is 0 Å². The Bertz CT molecular complexity index is 1020. The molecule has 0 amide bonds. The Labute approximate surface area is 142 Å². The normalized spacial score (nSPS) is 11.5. The van der Waals surface area contributed by atoms with Gasteiger partial charge in [-0.3, -0.25) is 0 Å². The van der Waals surface area contributed by atoms with Crippen LogP contribution in [-0.4, -0.2) is 12.3 Å². The average molecular weight is 341 g/mol. The first kappa shape index (κ1) is 16.6. The Hall–Kier alpha value is -3.28. The molecule has 2 aromatic carbocycles. The van der Waals surface area contributed by atoms with Crippen LogP contribution >= 0.6 is 0 Å². The number of nitrogens with one attached hydrogen (secondary N) is 1. The molecule has 1 aromatic heterocycles. The van der Waals surface area contributed by atoms with Gasteiger partial charge in [-0.25, -0.2) is 14.3 Å². The summed E-state index contributed by atoms with van der Waals surface area (Å²) in [4.78, 5) is 11.6. The van der Waals surface area contributed by atoms with Crippen molar-refractivity contribution in [3.05, 3.63) is 80.4 Å². The molecule has 1 N–H and O–H groups in total. The van der Waals surface area contributed by atoms with Gasteiger partial charge in [-0.15, -0.1) is 0 Å². The number of rotatable bonds is 5. The van der Waals surface area contributed by atoms with Crippen LogP contribution in [0.15, 0.2) is 51.8 Å². The topological polar surface area (TPSA) is 64.5 Å². The van der Waals surface area contributed by atoms with Gasteiger partial charge in [-0.1, -0.05) is 30.8 Å². The highest BCUT2D eigenvalue weighted by atomic mass is 19.1. The van der Waals surface area contributed by atoms with Crippen LogP contribution in [0.2, 0.25) is 0 Å². The third-order valence-corrected chi connectivity index (χ3v) is 3.65. The van der Waals surface area contributed by atoms with E-state index in [2.05, 4.69) is 16.3 Å². The lowest BCUT2D eigenvalue weighted by Gasteiger charge is -2.11. The Morgan fingerprint density at radius 2 is 2.04 bits per heavy atom. The number of hydrogen-bond donors (Lipinski definition) is 1. The summed E-state index contributed by atoms with van der Waals surface area (Å²) in [5.41, 5.74) is 0.669. The van der Waals surface area contributed by atoms with Gasteiger partial charge in [0.25, 0.3) is 0 Å². The Balaban J connectivity index is 1.88. The van der Waals surface area contributed by atoms with Crippen molar-refractivity contribution in [1.29, 1.82) is 0 Å². The van der Waals surface area contributed by atoms with Crippen LogP contribution in [0.5, 0.6) is 11.5 Å². The van der Waals surface area contributed by atoms with Crippen molar-refractivity contribution in [3.8, 4) is 11.5 Å². The van der Waals surface area contributed by atoms with Crippen LogP contribution in [-0.2, 0) is 6.61 Å². The fourth-order valence-electron chi connectivity index (χ4n) is 2.32. The molecule has 0 radical (unpaired) electrons. The first-order valence-corrected chi connectivity index (χ1v) is 7.51. The zero-order valence-electron chi connectivity index (χ0n) is 13.5. The van der Waals surface area contributed by atoms with Crippen LogP contribution in [0.3, 0.4) is 0 Å². The van der Waals surface area contributed by atoms with E-state index in [-0.39, 0.29) is 12.4 Å². The second-order valence-corrected chi connectivity index (χ2v) is 5.32. The summed E-state index contributed by atoms with van der Waals surface area (Å²) >= 11 is 0. The van der Waals surface area contributed by atoms with E-state index in [9.17, 15) is 9.18 Å². The quantitative estimate of drug-likeness (QED) is 0.770. The first-order valence-electron chi connectivity index (χ1n) is 7.51. The monoisotopic (exact) mass is 341 g/mol. The van der Waals surface area contributed by atoms with Crippen LogP contribution in [0, 0.1) is 5.82 Å². The third-order valence-electron chi connectivity index (χ3n) is 3.65. The summed E-state index contributed by atoms with van der Waals surface area (Å²) in [7, 11) is 1.51. The molecule has 0 atom stereocenters. The van der Waals surface area contributed by atoms with E-state index in [0.717, 1.165) is 0 Å². The third kappa shape index (κ3) is 3.63. The summed E-state index contributed by atoms with van der Waals surface area (Å²) in [6.07, 6.45) is 1.63. The molecule has 0 aliphatic heterocycles. The van der Waals surface area contributed by atoms with Crippen molar-refractivity contribution in [1.82, 2.24) is 5.16 Å². The maximum Gasteiger partial charge on any atom is 0.365 e. The molecule has 0 saturated carbocycles. The molecule has 5 nitrogen and oxygen atoms in total. The highest BCUT2D eigenvalue weighted by molar-refractivity contribution is 5.55. The minimum absolute atomic E-state index is 0.0799.